The van der Waals surface area contributed by atoms with Gasteiger partial charge in [0.2, 0.25) is 5.95 Å². The largest absolute Gasteiger partial charge is 0.393 e. The van der Waals surface area contributed by atoms with Crippen molar-refractivity contribution in [2.75, 3.05) is 10.6 Å². The topological polar surface area (TPSA) is 95.0 Å². The van der Waals surface area contributed by atoms with Crippen molar-refractivity contribution < 1.29 is 5.11 Å². The van der Waals surface area contributed by atoms with E-state index in [9.17, 15) is 5.11 Å². The molecule has 1 aromatic carbocycles. The van der Waals surface area contributed by atoms with Gasteiger partial charge in [-0.3, -0.25) is 0 Å². The van der Waals surface area contributed by atoms with Gasteiger partial charge in [-0.25, -0.2) is 9.97 Å². The van der Waals surface area contributed by atoms with Crippen molar-refractivity contribution >= 4 is 29.2 Å². The molecule has 186 valence electrons. The summed E-state index contributed by atoms with van der Waals surface area (Å²) in [5.74, 6) is 2.20. The maximum Gasteiger partial charge on any atom is 0.225 e. The summed E-state index contributed by atoms with van der Waals surface area (Å²) in [5, 5.41) is 21.5. The van der Waals surface area contributed by atoms with Gasteiger partial charge in [-0.1, -0.05) is 35.9 Å². The Morgan fingerprint density at radius 1 is 1.19 bits per heavy atom. The number of aliphatic hydroxyl groups excluding tert-OH is 1. The van der Waals surface area contributed by atoms with Crippen LogP contribution in [0.25, 0.3) is 16.6 Å². The Morgan fingerprint density at radius 2 is 2.00 bits per heavy atom. The standard InChI is InChI=1S/C28H32N6OS/c1-5-21(17-8-6-7-14(2)11-17)32-28-30-15(3)23(27-33-24-16(4)29-10-9-22(24)36-27)26(34-28)31-18-12-19-20(13-18)25(19)35/h5-11,16,18-21,25,29,35H,1,12-13H2,2-4H3,(H2,30,31,32,34)/t16?,18?,19-,20?,21+,25?/m0/s1. The molecule has 36 heavy (non-hydrogen) atoms. The van der Waals surface area contributed by atoms with Gasteiger partial charge >= 0.3 is 0 Å². The van der Waals surface area contributed by atoms with Crippen LogP contribution in [0.5, 0.6) is 0 Å². The lowest BCUT2D eigenvalue weighted by atomic mass is 10.0. The van der Waals surface area contributed by atoms with Gasteiger partial charge in [-0.15, -0.1) is 17.9 Å². The fourth-order valence-corrected chi connectivity index (χ4v) is 6.79. The molecule has 2 saturated carbocycles. The van der Waals surface area contributed by atoms with Gasteiger partial charge in [0.05, 0.1) is 40.0 Å². The minimum absolute atomic E-state index is 0.110. The Balaban J connectivity index is 1.36. The summed E-state index contributed by atoms with van der Waals surface area (Å²) >= 11 is 1.68. The molecule has 3 aromatic rings. The molecule has 1 aliphatic heterocycles. The highest BCUT2D eigenvalue weighted by Gasteiger charge is 2.55. The third kappa shape index (κ3) is 4.18. The molecular formula is C28H32N6OS. The van der Waals surface area contributed by atoms with Crippen LogP contribution in [-0.2, 0) is 0 Å². The maximum absolute atomic E-state index is 10.0. The van der Waals surface area contributed by atoms with Crippen LogP contribution in [0.2, 0.25) is 0 Å². The van der Waals surface area contributed by atoms with E-state index in [1.54, 1.807) is 11.3 Å². The molecular weight excluding hydrogens is 468 g/mol. The van der Waals surface area contributed by atoms with Crippen molar-refractivity contribution in [3.8, 4) is 10.6 Å². The quantitative estimate of drug-likeness (QED) is 0.324. The number of rotatable bonds is 7. The van der Waals surface area contributed by atoms with E-state index in [1.165, 1.54) is 10.4 Å². The van der Waals surface area contributed by atoms with Gasteiger partial charge in [0.1, 0.15) is 10.8 Å². The van der Waals surface area contributed by atoms with E-state index < -0.39 is 0 Å². The number of anilines is 2. The Labute approximate surface area is 215 Å². The van der Waals surface area contributed by atoms with E-state index in [1.807, 2.05) is 19.2 Å². The van der Waals surface area contributed by atoms with E-state index in [0.717, 1.165) is 46.2 Å². The first kappa shape index (κ1) is 23.2. The lowest BCUT2D eigenvalue weighted by Gasteiger charge is -2.21. The first-order chi connectivity index (χ1) is 17.4. The van der Waals surface area contributed by atoms with E-state index in [0.29, 0.717) is 17.8 Å². The summed E-state index contributed by atoms with van der Waals surface area (Å²) < 4.78 is 0. The van der Waals surface area contributed by atoms with Crippen LogP contribution < -0.4 is 16.0 Å². The Bertz CT molecular complexity index is 1340. The molecule has 0 bridgehead atoms. The lowest BCUT2D eigenvalue weighted by Crippen LogP contribution is -2.22. The summed E-state index contributed by atoms with van der Waals surface area (Å²) in [5.41, 5.74) is 5.20. The van der Waals surface area contributed by atoms with Gasteiger partial charge in [-0.2, -0.15) is 4.98 Å². The van der Waals surface area contributed by atoms with Crippen LogP contribution in [0.1, 0.15) is 59.2 Å². The zero-order valence-electron chi connectivity index (χ0n) is 20.8. The molecule has 2 fully saturated rings. The predicted octanol–water partition coefficient (Wildman–Crippen LogP) is 5.37. The minimum atomic E-state index is -0.124. The van der Waals surface area contributed by atoms with Gasteiger partial charge < -0.3 is 21.1 Å². The van der Waals surface area contributed by atoms with Gasteiger partial charge in [0.15, 0.2) is 0 Å². The fraction of sp³-hybridized carbons (Fsp3) is 0.393. The van der Waals surface area contributed by atoms with Crippen LogP contribution in [-0.4, -0.2) is 32.2 Å². The number of benzene rings is 1. The normalized spacial score (nSPS) is 26.5. The average molecular weight is 501 g/mol. The average Bonchev–Trinajstić information content (AvgIpc) is 3.21. The summed E-state index contributed by atoms with van der Waals surface area (Å²) in [6.45, 7) is 10.3. The number of hydrogen-bond acceptors (Lipinski definition) is 8. The van der Waals surface area contributed by atoms with Crippen LogP contribution >= 0.6 is 11.3 Å². The second-order valence-electron chi connectivity index (χ2n) is 10.2. The third-order valence-corrected chi connectivity index (χ3v) is 8.69. The number of aryl methyl sites for hydroxylation is 2. The molecule has 0 saturated heterocycles. The second-order valence-corrected chi connectivity index (χ2v) is 11.3. The highest BCUT2D eigenvalue weighted by molar-refractivity contribution is 7.16. The first-order valence-corrected chi connectivity index (χ1v) is 13.5. The minimum Gasteiger partial charge on any atom is -0.393 e. The molecule has 8 heteroatoms. The molecule has 3 heterocycles. The molecule has 2 aliphatic carbocycles. The zero-order chi connectivity index (χ0) is 25.0. The SMILES string of the molecule is C=C[C@@H](Nc1nc(C)c(-c2nc3c(s2)C=CNC3C)c(NC2CC3C(O)[C@H]3C2)n1)c1cccc(C)c1. The lowest BCUT2D eigenvalue weighted by molar-refractivity contribution is 0.230. The molecule has 0 amide bonds. The predicted molar refractivity (Wildman–Crippen MR) is 146 cm³/mol. The summed E-state index contributed by atoms with van der Waals surface area (Å²) in [6, 6.07) is 8.72. The number of nitrogens with one attached hydrogen (secondary N) is 3. The summed E-state index contributed by atoms with van der Waals surface area (Å²) in [7, 11) is 0. The smallest absolute Gasteiger partial charge is 0.225 e. The third-order valence-electron chi connectivity index (χ3n) is 7.64. The van der Waals surface area contributed by atoms with E-state index in [-0.39, 0.29) is 24.2 Å². The second kappa shape index (κ2) is 9.01. The van der Waals surface area contributed by atoms with Crippen molar-refractivity contribution in [1.29, 1.82) is 0 Å². The molecule has 4 N–H and O–H groups in total. The molecule has 6 atom stereocenters. The van der Waals surface area contributed by atoms with Gasteiger partial charge in [-0.05, 0) is 63.3 Å². The zero-order valence-corrected chi connectivity index (χ0v) is 21.6. The number of aliphatic hydroxyl groups is 1. The van der Waals surface area contributed by atoms with Crippen LogP contribution in [0, 0.1) is 25.7 Å². The van der Waals surface area contributed by atoms with E-state index >= 15 is 0 Å². The monoisotopic (exact) mass is 500 g/mol. The van der Waals surface area contributed by atoms with Crippen LogP contribution in [0.3, 0.4) is 0 Å². The van der Waals surface area contributed by atoms with E-state index in [2.05, 4.69) is 66.7 Å². The molecule has 0 radical (unpaired) electrons. The fourth-order valence-electron chi connectivity index (χ4n) is 5.62. The number of fused-ring (bicyclic) bond motifs is 2. The van der Waals surface area contributed by atoms with Gasteiger partial charge in [0.25, 0.3) is 0 Å². The molecule has 0 spiro atoms. The Hall–Kier alpha value is -3.23. The number of hydrogen-bond donors (Lipinski definition) is 4. The molecule has 7 nitrogen and oxygen atoms in total. The van der Waals surface area contributed by atoms with E-state index in [4.69, 9.17) is 15.0 Å². The summed E-state index contributed by atoms with van der Waals surface area (Å²) in [4.78, 5) is 16.0. The van der Waals surface area contributed by atoms with Crippen molar-refractivity contribution in [3.63, 3.8) is 0 Å². The maximum atomic E-state index is 10.0. The first-order valence-electron chi connectivity index (χ1n) is 12.6. The molecule has 2 aromatic heterocycles. The van der Waals surface area contributed by atoms with Crippen molar-refractivity contribution in [1.82, 2.24) is 20.3 Å². The van der Waals surface area contributed by atoms with Crippen molar-refractivity contribution in [2.24, 2.45) is 11.8 Å². The van der Waals surface area contributed by atoms with Crippen LogP contribution in [0.15, 0.2) is 43.1 Å². The van der Waals surface area contributed by atoms with Gasteiger partial charge in [0, 0.05) is 6.04 Å². The Morgan fingerprint density at radius 3 is 2.72 bits per heavy atom. The molecule has 6 rings (SSSR count). The number of aromatic nitrogens is 3. The summed E-state index contributed by atoms with van der Waals surface area (Å²) in [6.07, 6.45) is 7.76. The highest BCUT2D eigenvalue weighted by atomic mass is 32.1. The molecule has 3 aliphatic rings. The Kier molecular flexibility index (Phi) is 5.80. The van der Waals surface area contributed by atoms with Crippen molar-refractivity contribution in [3.05, 3.63) is 70.5 Å². The molecule has 4 unspecified atom stereocenters. The van der Waals surface area contributed by atoms with Crippen LogP contribution in [0.4, 0.5) is 11.8 Å². The van der Waals surface area contributed by atoms with Crippen molar-refractivity contribution in [2.45, 2.75) is 57.8 Å². The number of nitrogens with zero attached hydrogens (tertiary/aromatic N) is 3. The number of thiazole rings is 1. The highest BCUT2D eigenvalue weighted by Crippen LogP contribution is 2.53.